The predicted molar refractivity (Wildman–Crippen MR) is 121 cm³/mol. The van der Waals surface area contributed by atoms with Crippen LogP contribution in [0.5, 0.6) is 11.5 Å². The number of likely N-dealkylation sites (N-methyl/N-ethyl adjacent to an activating group) is 1. The lowest BCUT2D eigenvalue weighted by Crippen LogP contribution is -2.29. The molecule has 0 aliphatic heterocycles. The van der Waals surface area contributed by atoms with Crippen molar-refractivity contribution in [1.82, 2.24) is 14.8 Å². The summed E-state index contributed by atoms with van der Waals surface area (Å²) < 4.78 is 18.6. The van der Waals surface area contributed by atoms with Crippen molar-refractivity contribution in [1.29, 1.82) is 0 Å². The van der Waals surface area contributed by atoms with E-state index in [4.69, 9.17) is 14.2 Å². The van der Waals surface area contributed by atoms with Gasteiger partial charge in [-0.2, -0.15) is 10.2 Å². The lowest BCUT2D eigenvalue weighted by molar-refractivity contribution is -0.141. The van der Waals surface area contributed by atoms with Crippen LogP contribution in [0.25, 0.3) is 5.69 Å². The Morgan fingerprint density at radius 3 is 2.32 bits per heavy atom. The number of hydrogen-bond donors (Lipinski definition) is 0. The summed E-state index contributed by atoms with van der Waals surface area (Å²) in [7, 11) is 6.20. The summed E-state index contributed by atoms with van der Waals surface area (Å²) in [6.45, 7) is 0. The third kappa shape index (κ3) is 5.12. The molecular formula is C22H23BrN4O4. The molecule has 0 saturated heterocycles. The van der Waals surface area contributed by atoms with Gasteiger partial charge in [-0.3, -0.25) is 4.79 Å². The number of ether oxygens (including phenoxy) is 3. The Labute approximate surface area is 189 Å². The molecule has 162 valence electrons. The van der Waals surface area contributed by atoms with Crippen LogP contribution in [0.2, 0.25) is 0 Å². The topological polar surface area (TPSA) is 78.2 Å². The molecule has 3 rings (SSSR count). The van der Waals surface area contributed by atoms with E-state index in [1.165, 1.54) is 12.1 Å². The Hall–Kier alpha value is -3.17. The number of hydrazone groups is 1. The summed E-state index contributed by atoms with van der Waals surface area (Å²) in [6, 6.07) is 12.9. The first-order valence-corrected chi connectivity index (χ1v) is 10.1. The van der Waals surface area contributed by atoms with Gasteiger partial charge in [0.05, 0.1) is 26.1 Å². The lowest BCUT2D eigenvalue weighted by Gasteiger charge is -2.19. The molecule has 0 saturated carbocycles. The van der Waals surface area contributed by atoms with Gasteiger partial charge in [0.1, 0.15) is 16.0 Å². The average Bonchev–Trinajstić information content (AvgIpc) is 3.34. The number of hydrogen-bond acceptors (Lipinski definition) is 6. The summed E-state index contributed by atoms with van der Waals surface area (Å²) in [5.41, 5.74) is 2.33. The second-order valence-corrected chi connectivity index (χ2v) is 7.30. The molecule has 1 amide bonds. The van der Waals surface area contributed by atoms with E-state index in [0.717, 1.165) is 11.3 Å². The number of methoxy groups -OCH3 is 3. The molecule has 1 atom stereocenters. The minimum absolute atomic E-state index is 0.304. The molecule has 2 aromatic carbocycles. The van der Waals surface area contributed by atoms with Crippen LogP contribution in [-0.4, -0.2) is 55.3 Å². The molecule has 1 heterocycles. The highest BCUT2D eigenvalue weighted by Crippen LogP contribution is 2.35. The zero-order valence-corrected chi connectivity index (χ0v) is 19.2. The van der Waals surface area contributed by atoms with Crippen LogP contribution in [0.4, 0.5) is 0 Å². The van der Waals surface area contributed by atoms with Gasteiger partial charge in [-0.25, -0.2) is 9.69 Å². The van der Waals surface area contributed by atoms with E-state index in [0.29, 0.717) is 21.5 Å². The maximum Gasteiger partial charge on any atom is 0.276 e. The smallest absolute Gasteiger partial charge is 0.276 e. The molecule has 3 aromatic rings. The van der Waals surface area contributed by atoms with Crippen molar-refractivity contribution >= 4 is 28.1 Å². The second kappa shape index (κ2) is 10.2. The summed E-state index contributed by atoms with van der Waals surface area (Å²) >= 11 is 3.43. The summed E-state index contributed by atoms with van der Waals surface area (Å²) in [4.78, 5) is 12.9. The van der Waals surface area contributed by atoms with Gasteiger partial charge < -0.3 is 14.2 Å². The van der Waals surface area contributed by atoms with E-state index < -0.39 is 6.10 Å². The minimum atomic E-state index is -0.789. The largest absolute Gasteiger partial charge is 0.495 e. The highest BCUT2D eigenvalue weighted by molar-refractivity contribution is 9.10. The molecule has 1 unspecified atom stereocenters. The Kier molecular flexibility index (Phi) is 7.43. The number of nitrogens with zero attached hydrogens (tertiary/aromatic N) is 4. The number of carbonyl (C=O) groups is 1. The Morgan fingerprint density at radius 2 is 1.81 bits per heavy atom. The van der Waals surface area contributed by atoms with Crippen LogP contribution >= 0.6 is 15.9 Å². The van der Waals surface area contributed by atoms with E-state index >= 15 is 0 Å². The van der Waals surface area contributed by atoms with Crippen molar-refractivity contribution < 1.29 is 19.0 Å². The summed E-state index contributed by atoms with van der Waals surface area (Å²) in [6.07, 6.45) is 4.33. The third-order valence-corrected chi connectivity index (χ3v) is 5.37. The first-order chi connectivity index (χ1) is 15.0. The fraction of sp³-hybridized carbons (Fsp3) is 0.227. The van der Waals surface area contributed by atoms with Crippen molar-refractivity contribution in [3.63, 3.8) is 0 Å². The Bertz CT molecular complexity index is 1030. The van der Waals surface area contributed by atoms with Crippen molar-refractivity contribution in [2.75, 3.05) is 28.4 Å². The van der Waals surface area contributed by atoms with Gasteiger partial charge >= 0.3 is 0 Å². The molecule has 0 fully saturated rings. The maximum atomic E-state index is 12.9. The van der Waals surface area contributed by atoms with E-state index in [1.807, 2.05) is 36.5 Å². The molecule has 0 aliphatic rings. The Morgan fingerprint density at radius 1 is 1.16 bits per heavy atom. The third-order valence-electron chi connectivity index (χ3n) is 4.59. The molecule has 1 aromatic heterocycles. The van der Waals surface area contributed by atoms with Gasteiger partial charge in [0.15, 0.2) is 6.10 Å². The van der Waals surface area contributed by atoms with E-state index in [2.05, 4.69) is 26.1 Å². The molecular weight excluding hydrogens is 464 g/mol. The van der Waals surface area contributed by atoms with Gasteiger partial charge in [0, 0.05) is 32.1 Å². The molecule has 0 aliphatic carbocycles. The normalized spacial score (nSPS) is 12.0. The number of rotatable bonds is 8. The van der Waals surface area contributed by atoms with Gasteiger partial charge in [-0.15, -0.1) is 0 Å². The number of amides is 1. The number of aromatic nitrogens is 2. The van der Waals surface area contributed by atoms with Crippen molar-refractivity contribution in [2.45, 2.75) is 6.10 Å². The summed E-state index contributed by atoms with van der Waals surface area (Å²) in [5.74, 6) is 0.894. The standard InChI is InChI=1S/C22H23BrN4O4/c1-26(25-14-15-12-18(29-2)20(23)19(13-15)30-3)22(28)21(31-4)16-6-8-17(9-7-16)27-11-5-10-24-27/h5-14,21H,1-4H3. The highest BCUT2D eigenvalue weighted by Gasteiger charge is 2.23. The Balaban J connectivity index is 1.76. The van der Waals surface area contributed by atoms with Gasteiger partial charge in [0.25, 0.3) is 5.91 Å². The van der Waals surface area contributed by atoms with Crippen molar-refractivity contribution in [3.05, 3.63) is 70.5 Å². The van der Waals surface area contributed by atoms with Gasteiger partial charge in [-0.1, -0.05) is 12.1 Å². The quantitative estimate of drug-likeness (QED) is 0.357. The summed E-state index contributed by atoms with van der Waals surface area (Å²) in [5, 5.41) is 9.71. The molecule has 0 spiro atoms. The van der Waals surface area contributed by atoms with Crippen LogP contribution < -0.4 is 9.47 Å². The second-order valence-electron chi connectivity index (χ2n) is 6.50. The monoisotopic (exact) mass is 486 g/mol. The van der Waals surface area contributed by atoms with E-state index in [-0.39, 0.29) is 5.91 Å². The molecule has 9 heteroatoms. The maximum absolute atomic E-state index is 12.9. The zero-order valence-electron chi connectivity index (χ0n) is 17.7. The number of benzene rings is 2. The molecule has 0 bridgehead atoms. The minimum Gasteiger partial charge on any atom is -0.495 e. The fourth-order valence-electron chi connectivity index (χ4n) is 2.95. The molecule has 0 radical (unpaired) electrons. The van der Waals surface area contributed by atoms with Crippen LogP contribution in [0.15, 0.2) is 64.4 Å². The van der Waals surface area contributed by atoms with Gasteiger partial charge in [0.2, 0.25) is 0 Å². The zero-order chi connectivity index (χ0) is 22.4. The first kappa shape index (κ1) is 22.5. The van der Waals surface area contributed by atoms with E-state index in [9.17, 15) is 4.79 Å². The van der Waals surface area contributed by atoms with E-state index in [1.54, 1.807) is 50.5 Å². The van der Waals surface area contributed by atoms with Crippen LogP contribution in [0.3, 0.4) is 0 Å². The molecule has 0 N–H and O–H groups in total. The van der Waals surface area contributed by atoms with Crippen molar-refractivity contribution in [3.8, 4) is 17.2 Å². The SMILES string of the molecule is COc1cc(C=NN(C)C(=O)C(OC)c2ccc(-n3cccn3)cc2)cc(OC)c1Br. The molecule has 8 nitrogen and oxygen atoms in total. The number of carbonyl (C=O) groups excluding carboxylic acids is 1. The lowest BCUT2D eigenvalue weighted by atomic mass is 10.1. The van der Waals surface area contributed by atoms with Crippen molar-refractivity contribution in [2.24, 2.45) is 5.10 Å². The highest BCUT2D eigenvalue weighted by atomic mass is 79.9. The number of halogens is 1. The van der Waals surface area contributed by atoms with Crippen LogP contribution in [0, 0.1) is 0 Å². The molecule has 31 heavy (non-hydrogen) atoms. The average molecular weight is 487 g/mol. The van der Waals surface area contributed by atoms with Gasteiger partial charge in [-0.05, 0) is 51.8 Å². The first-order valence-electron chi connectivity index (χ1n) is 9.34. The predicted octanol–water partition coefficient (Wildman–Crippen LogP) is 3.83. The van der Waals surface area contributed by atoms with Crippen LogP contribution in [-0.2, 0) is 9.53 Å². The fourth-order valence-corrected chi connectivity index (χ4v) is 3.50. The van der Waals surface area contributed by atoms with Crippen LogP contribution in [0.1, 0.15) is 17.2 Å².